The molecule has 1 aliphatic rings. The van der Waals surface area contributed by atoms with Crippen molar-refractivity contribution in [2.45, 2.75) is 32.1 Å². The Morgan fingerprint density at radius 1 is 1.44 bits per heavy atom. The van der Waals surface area contributed by atoms with Crippen LogP contribution in [0.2, 0.25) is 0 Å². The number of halogens is 2. The second kappa shape index (κ2) is 4.00. The summed E-state index contributed by atoms with van der Waals surface area (Å²) >= 11 is 0. The summed E-state index contributed by atoms with van der Waals surface area (Å²) in [5.41, 5.74) is 1.14. The summed E-state index contributed by atoms with van der Waals surface area (Å²) in [4.78, 5) is 5.82. The highest BCUT2D eigenvalue weighted by atomic mass is 19.3. The van der Waals surface area contributed by atoms with Crippen molar-refractivity contribution in [2.24, 2.45) is 0 Å². The molecule has 0 bridgehead atoms. The van der Waals surface area contributed by atoms with Crippen molar-refractivity contribution in [3.05, 3.63) is 23.9 Å². The first-order chi connectivity index (χ1) is 7.48. The molecule has 16 heavy (non-hydrogen) atoms. The van der Waals surface area contributed by atoms with Gasteiger partial charge in [0.15, 0.2) is 0 Å². The fraction of sp³-hybridized carbons (Fsp3) is 0.583. The highest BCUT2D eigenvalue weighted by Crippen LogP contribution is 2.30. The van der Waals surface area contributed by atoms with Crippen LogP contribution in [0.15, 0.2) is 18.3 Å². The van der Waals surface area contributed by atoms with Gasteiger partial charge in [-0.15, -0.1) is 0 Å². The molecule has 0 saturated carbocycles. The van der Waals surface area contributed by atoms with Crippen molar-refractivity contribution in [1.82, 2.24) is 4.98 Å². The van der Waals surface area contributed by atoms with Crippen molar-refractivity contribution >= 4 is 5.82 Å². The molecular weight excluding hydrogens is 210 g/mol. The van der Waals surface area contributed by atoms with Crippen LogP contribution in [0, 0.1) is 0 Å². The fourth-order valence-corrected chi connectivity index (χ4v) is 1.90. The van der Waals surface area contributed by atoms with Gasteiger partial charge in [0.05, 0.1) is 6.54 Å². The van der Waals surface area contributed by atoms with Gasteiger partial charge in [0, 0.05) is 19.2 Å². The number of rotatable bonds is 2. The summed E-state index contributed by atoms with van der Waals surface area (Å²) in [6.07, 6.45) is 1.63. The van der Waals surface area contributed by atoms with Gasteiger partial charge in [-0.3, -0.25) is 0 Å². The first kappa shape index (κ1) is 11.3. The van der Waals surface area contributed by atoms with Gasteiger partial charge in [-0.2, -0.15) is 0 Å². The van der Waals surface area contributed by atoms with E-state index < -0.39 is 5.92 Å². The highest BCUT2D eigenvalue weighted by Gasteiger charge is 2.38. The largest absolute Gasteiger partial charge is 0.350 e. The molecule has 0 radical (unpaired) electrons. The molecule has 0 aliphatic carbocycles. The molecule has 88 valence electrons. The normalized spacial score (nSPS) is 19.4. The number of aromatic nitrogens is 1. The van der Waals surface area contributed by atoms with E-state index in [-0.39, 0.29) is 13.0 Å². The quantitative estimate of drug-likeness (QED) is 0.770. The molecule has 0 aromatic carbocycles. The fourth-order valence-electron chi connectivity index (χ4n) is 1.90. The summed E-state index contributed by atoms with van der Waals surface area (Å²) in [6.45, 7) is 4.35. The zero-order valence-electron chi connectivity index (χ0n) is 9.58. The predicted octanol–water partition coefficient (Wildman–Crippen LogP) is 3.05. The minimum absolute atomic E-state index is 0.0689. The lowest BCUT2D eigenvalue weighted by Gasteiger charge is -2.18. The van der Waals surface area contributed by atoms with E-state index in [1.807, 2.05) is 12.1 Å². The maximum Gasteiger partial charge on any atom is 0.266 e. The second-order valence-corrected chi connectivity index (χ2v) is 4.63. The standard InChI is InChI=1S/C12H16F2N2/c1-9(2)10-3-5-15-11(7-10)16-6-4-12(13,14)8-16/h3,5,7,9H,4,6,8H2,1-2H3. The molecule has 2 rings (SSSR count). The zero-order chi connectivity index (χ0) is 11.8. The first-order valence-corrected chi connectivity index (χ1v) is 5.57. The van der Waals surface area contributed by atoms with Crippen molar-refractivity contribution in [3.8, 4) is 0 Å². The van der Waals surface area contributed by atoms with Gasteiger partial charge in [-0.1, -0.05) is 13.8 Å². The van der Waals surface area contributed by atoms with E-state index >= 15 is 0 Å². The van der Waals surface area contributed by atoms with Crippen molar-refractivity contribution < 1.29 is 8.78 Å². The molecule has 0 spiro atoms. The topological polar surface area (TPSA) is 16.1 Å². The lowest BCUT2D eigenvalue weighted by atomic mass is 10.1. The van der Waals surface area contributed by atoms with E-state index in [1.165, 1.54) is 0 Å². The van der Waals surface area contributed by atoms with E-state index in [0.29, 0.717) is 18.3 Å². The molecule has 4 heteroatoms. The molecule has 2 heterocycles. The van der Waals surface area contributed by atoms with Crippen LogP contribution in [0.25, 0.3) is 0 Å². The third-order valence-electron chi connectivity index (χ3n) is 2.93. The smallest absolute Gasteiger partial charge is 0.266 e. The number of nitrogens with zero attached hydrogens (tertiary/aromatic N) is 2. The molecule has 2 nitrogen and oxygen atoms in total. The summed E-state index contributed by atoms with van der Waals surface area (Å²) in [7, 11) is 0. The second-order valence-electron chi connectivity index (χ2n) is 4.63. The average Bonchev–Trinajstić information content (AvgIpc) is 2.59. The van der Waals surface area contributed by atoms with Crippen LogP contribution < -0.4 is 4.90 Å². The summed E-state index contributed by atoms with van der Waals surface area (Å²) in [6, 6.07) is 3.84. The van der Waals surface area contributed by atoms with Crippen molar-refractivity contribution in [1.29, 1.82) is 0 Å². The molecule has 1 aliphatic heterocycles. The third kappa shape index (κ3) is 2.31. The van der Waals surface area contributed by atoms with E-state index in [2.05, 4.69) is 18.8 Å². The third-order valence-corrected chi connectivity index (χ3v) is 2.93. The number of hydrogen-bond donors (Lipinski definition) is 0. The van der Waals surface area contributed by atoms with Gasteiger partial charge in [-0.05, 0) is 23.6 Å². The van der Waals surface area contributed by atoms with Gasteiger partial charge < -0.3 is 4.90 Å². The summed E-state index contributed by atoms with van der Waals surface area (Å²) < 4.78 is 26.1. The first-order valence-electron chi connectivity index (χ1n) is 5.57. The molecule has 1 aromatic heterocycles. The van der Waals surface area contributed by atoms with Crippen LogP contribution in [0.4, 0.5) is 14.6 Å². The Bertz CT molecular complexity index is 377. The molecular formula is C12H16F2N2. The Morgan fingerprint density at radius 3 is 2.75 bits per heavy atom. The van der Waals surface area contributed by atoms with Gasteiger partial charge in [0.2, 0.25) is 0 Å². The van der Waals surface area contributed by atoms with Gasteiger partial charge >= 0.3 is 0 Å². The Kier molecular flexibility index (Phi) is 2.82. The lowest BCUT2D eigenvalue weighted by molar-refractivity contribution is 0.0256. The lowest BCUT2D eigenvalue weighted by Crippen LogP contribution is -2.25. The van der Waals surface area contributed by atoms with Crippen LogP contribution in [-0.4, -0.2) is 24.0 Å². The molecule has 0 amide bonds. The van der Waals surface area contributed by atoms with Gasteiger partial charge in [0.1, 0.15) is 5.82 Å². The van der Waals surface area contributed by atoms with Gasteiger partial charge in [0.25, 0.3) is 5.92 Å². The summed E-state index contributed by atoms with van der Waals surface area (Å²) in [5.74, 6) is -1.50. The Balaban J connectivity index is 2.19. The average molecular weight is 226 g/mol. The minimum Gasteiger partial charge on any atom is -0.350 e. The SMILES string of the molecule is CC(C)c1ccnc(N2CCC(F)(F)C2)c1. The van der Waals surface area contributed by atoms with E-state index in [9.17, 15) is 8.78 Å². The maximum atomic E-state index is 13.1. The van der Waals surface area contributed by atoms with Gasteiger partial charge in [-0.25, -0.2) is 13.8 Å². The van der Waals surface area contributed by atoms with Crippen LogP contribution in [0.5, 0.6) is 0 Å². The number of pyridine rings is 1. The molecule has 1 aromatic rings. The molecule has 0 atom stereocenters. The maximum absolute atomic E-state index is 13.1. The van der Waals surface area contributed by atoms with E-state index in [4.69, 9.17) is 0 Å². The monoisotopic (exact) mass is 226 g/mol. The van der Waals surface area contributed by atoms with Crippen LogP contribution in [0.3, 0.4) is 0 Å². The van der Waals surface area contributed by atoms with E-state index in [1.54, 1.807) is 11.1 Å². The Morgan fingerprint density at radius 2 is 2.19 bits per heavy atom. The molecule has 0 N–H and O–H groups in total. The highest BCUT2D eigenvalue weighted by molar-refractivity contribution is 5.43. The Labute approximate surface area is 94.3 Å². The Hall–Kier alpha value is -1.19. The van der Waals surface area contributed by atoms with Crippen molar-refractivity contribution in [2.75, 3.05) is 18.0 Å². The molecule has 0 unspecified atom stereocenters. The zero-order valence-corrected chi connectivity index (χ0v) is 9.58. The number of hydrogen-bond acceptors (Lipinski definition) is 2. The van der Waals surface area contributed by atoms with Crippen LogP contribution >= 0.6 is 0 Å². The number of alkyl halides is 2. The summed E-state index contributed by atoms with van der Waals surface area (Å²) in [5, 5.41) is 0. The number of anilines is 1. The van der Waals surface area contributed by atoms with E-state index in [0.717, 1.165) is 5.56 Å². The molecule has 1 saturated heterocycles. The van der Waals surface area contributed by atoms with Crippen LogP contribution in [0.1, 0.15) is 31.7 Å². The van der Waals surface area contributed by atoms with Crippen LogP contribution in [-0.2, 0) is 0 Å². The van der Waals surface area contributed by atoms with Crippen molar-refractivity contribution in [3.63, 3.8) is 0 Å². The predicted molar refractivity (Wildman–Crippen MR) is 60.1 cm³/mol. The minimum atomic E-state index is -2.56. The molecule has 1 fully saturated rings.